The van der Waals surface area contributed by atoms with Crippen molar-refractivity contribution in [1.82, 2.24) is 15.0 Å². The van der Waals surface area contributed by atoms with Gasteiger partial charge in [-0.2, -0.15) is 0 Å². The summed E-state index contributed by atoms with van der Waals surface area (Å²) in [5.41, 5.74) is 0.777. The smallest absolute Gasteiger partial charge is 0.242 e. The van der Waals surface area contributed by atoms with Crippen LogP contribution in [0.4, 0.5) is 0 Å². The van der Waals surface area contributed by atoms with Gasteiger partial charge < -0.3 is 5.32 Å². The first-order valence-electron chi connectivity index (χ1n) is 6.09. The van der Waals surface area contributed by atoms with Gasteiger partial charge in [0.1, 0.15) is 9.90 Å². The van der Waals surface area contributed by atoms with Crippen LogP contribution < -0.4 is 10.0 Å². The number of sulfonamides is 1. The zero-order valence-electron chi connectivity index (χ0n) is 11.5. The second kappa shape index (κ2) is 6.31. The molecule has 2 heterocycles. The van der Waals surface area contributed by atoms with Crippen LogP contribution in [-0.4, -0.2) is 20.4 Å². The van der Waals surface area contributed by atoms with Gasteiger partial charge in [0.15, 0.2) is 0 Å². The minimum absolute atomic E-state index is 0.332. The second-order valence-corrected chi connectivity index (χ2v) is 7.96. The molecule has 110 valence electrons. The predicted molar refractivity (Wildman–Crippen MR) is 82.7 cm³/mol. The van der Waals surface area contributed by atoms with Crippen LogP contribution in [0.5, 0.6) is 0 Å². The third-order valence-electron chi connectivity index (χ3n) is 2.75. The molecule has 0 amide bonds. The Morgan fingerprint density at radius 3 is 2.75 bits per heavy atom. The molecule has 2 aromatic heterocycles. The molecule has 0 bridgehead atoms. The molecule has 0 radical (unpaired) electrons. The van der Waals surface area contributed by atoms with Crippen molar-refractivity contribution in [3.63, 3.8) is 0 Å². The number of aryl methyl sites for hydroxylation is 1. The Hall–Kier alpha value is -0.800. The normalized spacial score (nSPS) is 13.6. The molecule has 8 heteroatoms. The number of nitrogens with zero attached hydrogens (tertiary/aromatic N) is 1. The van der Waals surface area contributed by atoms with E-state index in [1.165, 1.54) is 22.7 Å². The van der Waals surface area contributed by atoms with Crippen molar-refractivity contribution in [2.45, 2.75) is 31.3 Å². The molecule has 1 unspecified atom stereocenters. The van der Waals surface area contributed by atoms with Crippen LogP contribution in [0.15, 0.2) is 21.9 Å². The molecular weight excluding hydrogens is 314 g/mol. The maximum atomic E-state index is 12.6. The summed E-state index contributed by atoms with van der Waals surface area (Å²) in [6.07, 6.45) is 1.67. The molecule has 2 rings (SSSR count). The fourth-order valence-electron chi connectivity index (χ4n) is 1.92. The van der Waals surface area contributed by atoms with Crippen LogP contribution in [0.3, 0.4) is 0 Å². The minimum atomic E-state index is -3.54. The zero-order chi connectivity index (χ0) is 14.8. The highest BCUT2D eigenvalue weighted by Crippen LogP contribution is 2.28. The van der Waals surface area contributed by atoms with Crippen LogP contribution in [0.25, 0.3) is 0 Å². The number of aromatic nitrogens is 1. The van der Waals surface area contributed by atoms with Gasteiger partial charge >= 0.3 is 0 Å². The van der Waals surface area contributed by atoms with Crippen LogP contribution in [-0.2, 0) is 16.6 Å². The standard InChI is InChI=1S/C12H17N3O2S3/c1-8-7-19-10(6-13-3)11(8)20(16,17)15-9(2)12-14-4-5-18-12/h4-5,7,9,13,15H,6H2,1-3H3. The van der Waals surface area contributed by atoms with Crippen molar-refractivity contribution in [3.8, 4) is 0 Å². The quantitative estimate of drug-likeness (QED) is 0.852. The van der Waals surface area contributed by atoms with Gasteiger partial charge in [0.2, 0.25) is 10.0 Å². The van der Waals surface area contributed by atoms with Crippen LogP contribution in [0, 0.1) is 6.92 Å². The molecule has 2 aromatic rings. The zero-order valence-corrected chi connectivity index (χ0v) is 14.0. The fraction of sp³-hybridized carbons (Fsp3) is 0.417. The second-order valence-electron chi connectivity index (χ2n) is 4.41. The van der Waals surface area contributed by atoms with Crippen LogP contribution in [0.2, 0.25) is 0 Å². The summed E-state index contributed by atoms with van der Waals surface area (Å²) in [7, 11) is -1.74. The first-order chi connectivity index (χ1) is 9.45. The number of thiophene rings is 1. The molecule has 20 heavy (non-hydrogen) atoms. The Morgan fingerprint density at radius 2 is 2.15 bits per heavy atom. The average molecular weight is 331 g/mol. The molecule has 1 atom stereocenters. The van der Waals surface area contributed by atoms with Gasteiger partial charge in [-0.15, -0.1) is 22.7 Å². The van der Waals surface area contributed by atoms with Gasteiger partial charge in [-0.05, 0) is 31.8 Å². The first-order valence-corrected chi connectivity index (χ1v) is 9.33. The largest absolute Gasteiger partial charge is 0.315 e. The summed E-state index contributed by atoms with van der Waals surface area (Å²) >= 11 is 2.90. The van der Waals surface area contributed by atoms with E-state index in [-0.39, 0.29) is 6.04 Å². The number of hydrogen-bond donors (Lipinski definition) is 2. The van der Waals surface area contributed by atoms with E-state index in [9.17, 15) is 8.42 Å². The third kappa shape index (κ3) is 3.26. The maximum Gasteiger partial charge on any atom is 0.242 e. The van der Waals surface area contributed by atoms with Gasteiger partial charge in [-0.1, -0.05) is 0 Å². The van der Waals surface area contributed by atoms with Crippen molar-refractivity contribution in [2.24, 2.45) is 0 Å². The lowest BCUT2D eigenvalue weighted by molar-refractivity contribution is 0.564. The number of thiazole rings is 1. The summed E-state index contributed by atoms with van der Waals surface area (Å²) in [5, 5.41) is 7.47. The maximum absolute atomic E-state index is 12.6. The summed E-state index contributed by atoms with van der Waals surface area (Å²) in [6.45, 7) is 4.16. The molecule has 2 N–H and O–H groups in total. The molecule has 0 aliphatic rings. The lowest BCUT2D eigenvalue weighted by atomic mass is 10.3. The third-order valence-corrected chi connectivity index (χ3v) is 6.71. The number of hydrogen-bond acceptors (Lipinski definition) is 6. The van der Waals surface area contributed by atoms with E-state index in [1.54, 1.807) is 20.2 Å². The van der Waals surface area contributed by atoms with Gasteiger partial charge in [-0.25, -0.2) is 18.1 Å². The lowest BCUT2D eigenvalue weighted by Crippen LogP contribution is -2.28. The first kappa shape index (κ1) is 15.6. The van der Waals surface area contributed by atoms with E-state index >= 15 is 0 Å². The molecule has 0 spiro atoms. The summed E-state index contributed by atoms with van der Waals surface area (Å²) in [6, 6.07) is -0.332. The molecule has 0 aromatic carbocycles. The molecule has 5 nitrogen and oxygen atoms in total. The van der Waals surface area contributed by atoms with Crippen molar-refractivity contribution in [1.29, 1.82) is 0 Å². The van der Waals surface area contributed by atoms with Crippen molar-refractivity contribution >= 4 is 32.7 Å². The summed E-state index contributed by atoms with van der Waals surface area (Å²) in [5.74, 6) is 0. The van der Waals surface area contributed by atoms with E-state index in [1.807, 2.05) is 17.7 Å². The highest BCUT2D eigenvalue weighted by Gasteiger charge is 2.25. The van der Waals surface area contributed by atoms with Crippen LogP contribution in [0.1, 0.15) is 28.4 Å². The Bertz CT molecular complexity index is 662. The monoisotopic (exact) mass is 331 g/mol. The van der Waals surface area contributed by atoms with Gasteiger partial charge in [-0.3, -0.25) is 0 Å². The predicted octanol–water partition coefficient (Wildman–Crippen LogP) is 2.27. The summed E-state index contributed by atoms with van der Waals surface area (Å²) < 4.78 is 27.8. The summed E-state index contributed by atoms with van der Waals surface area (Å²) in [4.78, 5) is 5.36. The molecular formula is C12H17N3O2S3. The highest BCUT2D eigenvalue weighted by molar-refractivity contribution is 7.89. The highest BCUT2D eigenvalue weighted by atomic mass is 32.2. The van der Waals surface area contributed by atoms with Gasteiger partial charge in [0.05, 0.1) is 6.04 Å². The molecule has 0 aliphatic heterocycles. The minimum Gasteiger partial charge on any atom is -0.315 e. The van der Waals surface area contributed by atoms with E-state index in [0.29, 0.717) is 11.4 Å². The van der Waals surface area contributed by atoms with E-state index in [4.69, 9.17) is 0 Å². The van der Waals surface area contributed by atoms with Gasteiger partial charge in [0.25, 0.3) is 0 Å². The Morgan fingerprint density at radius 1 is 1.40 bits per heavy atom. The number of rotatable bonds is 6. The SMILES string of the molecule is CNCc1scc(C)c1S(=O)(=O)NC(C)c1nccs1. The van der Waals surface area contributed by atoms with Crippen molar-refractivity contribution in [3.05, 3.63) is 32.4 Å². The van der Waals surface area contributed by atoms with E-state index in [0.717, 1.165) is 15.4 Å². The molecule has 0 saturated carbocycles. The topological polar surface area (TPSA) is 71.1 Å². The van der Waals surface area contributed by atoms with E-state index in [2.05, 4.69) is 15.0 Å². The van der Waals surface area contributed by atoms with Crippen molar-refractivity contribution < 1.29 is 8.42 Å². The van der Waals surface area contributed by atoms with Crippen LogP contribution >= 0.6 is 22.7 Å². The Labute approximate surface area is 127 Å². The van der Waals surface area contributed by atoms with Crippen molar-refractivity contribution in [2.75, 3.05) is 7.05 Å². The molecule has 0 saturated heterocycles. The average Bonchev–Trinajstić information content (AvgIpc) is 2.99. The molecule has 0 aliphatic carbocycles. The number of nitrogens with one attached hydrogen (secondary N) is 2. The lowest BCUT2D eigenvalue weighted by Gasteiger charge is -2.13. The fourth-order valence-corrected chi connectivity index (χ4v) is 5.67. The Kier molecular flexibility index (Phi) is 4.92. The Balaban J connectivity index is 2.29. The van der Waals surface area contributed by atoms with Gasteiger partial charge in [0, 0.05) is 23.0 Å². The van der Waals surface area contributed by atoms with E-state index < -0.39 is 10.0 Å². The molecule has 0 fully saturated rings.